The third kappa shape index (κ3) is 11.5. The molecule has 0 saturated heterocycles. The van der Waals surface area contributed by atoms with E-state index < -0.39 is 11.7 Å². The van der Waals surface area contributed by atoms with E-state index in [2.05, 4.69) is 16.0 Å². The predicted octanol–water partition coefficient (Wildman–Crippen LogP) is 0.289. The number of carbonyl (C=O) groups is 3. The lowest BCUT2D eigenvalue weighted by molar-refractivity contribution is -0.120. The maximum Gasteiger partial charge on any atom is 0.407 e. The van der Waals surface area contributed by atoms with Gasteiger partial charge in [0.1, 0.15) is 5.60 Å². The van der Waals surface area contributed by atoms with Crippen molar-refractivity contribution in [3.8, 4) is 0 Å². The Morgan fingerprint density at radius 2 is 1.52 bits per heavy atom. The van der Waals surface area contributed by atoms with Crippen molar-refractivity contribution >= 4 is 18.0 Å². The lowest BCUT2D eigenvalue weighted by Gasteiger charge is -2.19. The molecule has 8 nitrogen and oxygen atoms in total. The van der Waals surface area contributed by atoms with Crippen molar-refractivity contribution in [1.82, 2.24) is 20.9 Å². The molecule has 0 aromatic carbocycles. The van der Waals surface area contributed by atoms with E-state index in [0.717, 1.165) is 0 Å². The van der Waals surface area contributed by atoms with E-state index >= 15 is 0 Å². The van der Waals surface area contributed by atoms with E-state index in [9.17, 15) is 14.4 Å². The molecule has 3 N–H and O–H groups in total. The zero-order valence-electron chi connectivity index (χ0n) is 13.4. The van der Waals surface area contributed by atoms with Crippen LogP contribution < -0.4 is 16.0 Å². The third-order valence-corrected chi connectivity index (χ3v) is 2.15. The topological polar surface area (TPSA) is 99.8 Å². The number of hydrogen-bond donors (Lipinski definition) is 3. The summed E-state index contributed by atoms with van der Waals surface area (Å²) in [6.07, 6.45) is -0.394. The van der Waals surface area contributed by atoms with Crippen LogP contribution in [-0.2, 0) is 9.53 Å². The number of rotatable bonds is 6. The number of hydrogen-bond acceptors (Lipinski definition) is 4. The van der Waals surface area contributed by atoms with Crippen LogP contribution in [0.15, 0.2) is 0 Å². The largest absolute Gasteiger partial charge is 0.444 e. The summed E-state index contributed by atoms with van der Waals surface area (Å²) in [7, 11) is 3.27. The highest BCUT2D eigenvalue weighted by Gasteiger charge is 2.15. The van der Waals surface area contributed by atoms with Crippen LogP contribution in [0.1, 0.15) is 27.2 Å². The Bertz CT molecular complexity index is 364. The maximum absolute atomic E-state index is 11.5. The number of amides is 4. The minimum absolute atomic E-state index is 0.154. The summed E-state index contributed by atoms with van der Waals surface area (Å²) < 4.78 is 5.03. The normalized spacial score (nSPS) is 10.5. The van der Waals surface area contributed by atoms with Crippen LogP contribution in [0.25, 0.3) is 0 Å². The molecule has 0 aromatic heterocycles. The number of nitrogens with one attached hydrogen (secondary N) is 3. The first-order chi connectivity index (χ1) is 9.61. The van der Waals surface area contributed by atoms with E-state index in [1.54, 1.807) is 34.9 Å². The molecule has 0 radical (unpaired) electrons. The SMILES string of the molecule is CN(C)C(=O)NCCNC(=O)CCNC(=O)OC(C)(C)C. The zero-order chi connectivity index (χ0) is 16.5. The molecule has 0 bridgehead atoms. The molecule has 0 rings (SSSR count). The number of alkyl carbamates (subject to hydrolysis) is 1. The maximum atomic E-state index is 11.5. The fraction of sp³-hybridized carbons (Fsp3) is 0.769. The average Bonchev–Trinajstić information content (AvgIpc) is 2.31. The van der Waals surface area contributed by atoms with Gasteiger partial charge in [-0.05, 0) is 20.8 Å². The van der Waals surface area contributed by atoms with Gasteiger partial charge < -0.3 is 25.6 Å². The first-order valence-electron chi connectivity index (χ1n) is 6.80. The van der Waals surface area contributed by atoms with Gasteiger partial charge >= 0.3 is 12.1 Å². The molecule has 21 heavy (non-hydrogen) atoms. The second-order valence-corrected chi connectivity index (χ2v) is 5.65. The summed E-state index contributed by atoms with van der Waals surface area (Å²) >= 11 is 0. The second-order valence-electron chi connectivity index (χ2n) is 5.65. The summed E-state index contributed by atoms with van der Waals surface area (Å²) in [5.41, 5.74) is -0.559. The highest BCUT2D eigenvalue weighted by atomic mass is 16.6. The standard InChI is InChI=1S/C13H26N4O4/c1-13(2,3)21-12(20)16-7-6-10(18)14-8-9-15-11(19)17(4)5/h6-9H2,1-5H3,(H,14,18)(H,15,19)(H,16,20). The molecule has 122 valence electrons. The molecule has 0 aromatic rings. The minimum atomic E-state index is -0.559. The summed E-state index contributed by atoms with van der Waals surface area (Å²) in [5.74, 6) is -0.204. The smallest absolute Gasteiger partial charge is 0.407 e. The van der Waals surface area contributed by atoms with Crippen molar-refractivity contribution in [1.29, 1.82) is 0 Å². The molecule has 0 aliphatic carbocycles. The summed E-state index contributed by atoms with van der Waals surface area (Å²) in [6, 6.07) is -0.212. The molecular formula is C13H26N4O4. The van der Waals surface area contributed by atoms with Gasteiger partial charge in [-0.2, -0.15) is 0 Å². The van der Waals surface area contributed by atoms with Gasteiger partial charge in [-0.15, -0.1) is 0 Å². The van der Waals surface area contributed by atoms with Gasteiger partial charge in [0, 0.05) is 40.2 Å². The molecule has 0 aliphatic rings. The molecule has 0 unspecified atom stereocenters. The third-order valence-electron chi connectivity index (χ3n) is 2.15. The molecule has 0 heterocycles. The molecule has 0 spiro atoms. The van der Waals surface area contributed by atoms with Crippen molar-refractivity contribution < 1.29 is 19.1 Å². The Hall–Kier alpha value is -1.99. The molecule has 0 saturated carbocycles. The average molecular weight is 302 g/mol. The Morgan fingerprint density at radius 3 is 2.05 bits per heavy atom. The van der Waals surface area contributed by atoms with E-state index in [0.29, 0.717) is 13.1 Å². The molecule has 8 heteroatoms. The van der Waals surface area contributed by atoms with Crippen LogP contribution in [0.5, 0.6) is 0 Å². The Kier molecular flexibility index (Phi) is 8.18. The van der Waals surface area contributed by atoms with Crippen LogP contribution >= 0.6 is 0 Å². The Labute approximate surface area is 125 Å². The van der Waals surface area contributed by atoms with Crippen molar-refractivity contribution in [3.05, 3.63) is 0 Å². The lowest BCUT2D eigenvalue weighted by atomic mass is 10.2. The van der Waals surface area contributed by atoms with Crippen molar-refractivity contribution in [2.75, 3.05) is 33.7 Å². The quantitative estimate of drug-likeness (QED) is 0.614. The number of ether oxygens (including phenoxy) is 1. The molecular weight excluding hydrogens is 276 g/mol. The second kappa shape index (κ2) is 9.04. The van der Waals surface area contributed by atoms with Crippen LogP contribution in [0.2, 0.25) is 0 Å². The van der Waals surface area contributed by atoms with Gasteiger partial charge in [0.25, 0.3) is 0 Å². The van der Waals surface area contributed by atoms with E-state index in [1.807, 2.05) is 0 Å². The summed E-state index contributed by atoms with van der Waals surface area (Å²) in [5, 5.41) is 7.75. The fourth-order valence-corrected chi connectivity index (χ4v) is 1.21. The van der Waals surface area contributed by atoms with Crippen LogP contribution in [0, 0.1) is 0 Å². The van der Waals surface area contributed by atoms with Gasteiger partial charge in [0.05, 0.1) is 0 Å². The highest BCUT2D eigenvalue weighted by molar-refractivity contribution is 5.77. The molecule has 4 amide bonds. The Balaban J connectivity index is 3.64. The van der Waals surface area contributed by atoms with Gasteiger partial charge in [0.15, 0.2) is 0 Å². The van der Waals surface area contributed by atoms with E-state index in [1.165, 1.54) is 4.90 Å². The van der Waals surface area contributed by atoms with Gasteiger partial charge in [0.2, 0.25) is 5.91 Å². The van der Waals surface area contributed by atoms with E-state index in [-0.39, 0.29) is 24.9 Å². The van der Waals surface area contributed by atoms with Gasteiger partial charge in [-0.3, -0.25) is 4.79 Å². The summed E-state index contributed by atoms with van der Waals surface area (Å²) in [6.45, 7) is 6.18. The lowest BCUT2D eigenvalue weighted by Crippen LogP contribution is -2.40. The Morgan fingerprint density at radius 1 is 0.952 bits per heavy atom. The number of urea groups is 1. The van der Waals surface area contributed by atoms with Gasteiger partial charge in [-0.1, -0.05) is 0 Å². The number of carbonyl (C=O) groups excluding carboxylic acids is 3. The van der Waals surface area contributed by atoms with Crippen LogP contribution in [-0.4, -0.2) is 62.3 Å². The van der Waals surface area contributed by atoms with Crippen molar-refractivity contribution in [3.63, 3.8) is 0 Å². The minimum Gasteiger partial charge on any atom is -0.444 e. The van der Waals surface area contributed by atoms with E-state index in [4.69, 9.17) is 4.74 Å². The predicted molar refractivity (Wildman–Crippen MR) is 78.9 cm³/mol. The zero-order valence-corrected chi connectivity index (χ0v) is 13.4. The highest BCUT2D eigenvalue weighted by Crippen LogP contribution is 2.06. The first-order valence-corrected chi connectivity index (χ1v) is 6.80. The van der Waals surface area contributed by atoms with Crippen molar-refractivity contribution in [2.45, 2.75) is 32.8 Å². The van der Waals surface area contributed by atoms with Crippen LogP contribution in [0.4, 0.5) is 9.59 Å². The van der Waals surface area contributed by atoms with Crippen LogP contribution in [0.3, 0.4) is 0 Å². The fourth-order valence-electron chi connectivity index (χ4n) is 1.21. The van der Waals surface area contributed by atoms with Gasteiger partial charge in [-0.25, -0.2) is 9.59 Å². The van der Waals surface area contributed by atoms with Crippen molar-refractivity contribution in [2.24, 2.45) is 0 Å². The molecule has 0 fully saturated rings. The first kappa shape index (κ1) is 19.0. The molecule has 0 atom stereocenters. The number of nitrogens with zero attached hydrogens (tertiary/aromatic N) is 1. The molecule has 0 aliphatic heterocycles. The monoisotopic (exact) mass is 302 g/mol. The summed E-state index contributed by atoms with van der Waals surface area (Å²) in [4.78, 5) is 35.4.